The third-order valence-electron chi connectivity index (χ3n) is 4.38. The summed E-state index contributed by atoms with van der Waals surface area (Å²) in [5.74, 6) is 0. The van der Waals surface area contributed by atoms with Crippen LogP contribution in [0.25, 0.3) is 0 Å². The van der Waals surface area contributed by atoms with Gasteiger partial charge >= 0.3 is 0 Å². The first-order chi connectivity index (χ1) is 9.78. The van der Waals surface area contributed by atoms with Crippen LogP contribution in [0.15, 0.2) is 24.3 Å². The topological polar surface area (TPSA) is 6.48 Å². The summed E-state index contributed by atoms with van der Waals surface area (Å²) in [6.45, 7) is 8.45. The molecule has 1 aliphatic rings. The predicted octanol–water partition coefficient (Wildman–Crippen LogP) is 3.21. The Morgan fingerprint density at radius 1 is 0.850 bits per heavy atom. The zero-order chi connectivity index (χ0) is 14.2. The van der Waals surface area contributed by atoms with Crippen LogP contribution in [-0.2, 0) is 12.8 Å². The van der Waals surface area contributed by atoms with Gasteiger partial charge in [0.05, 0.1) is 0 Å². The first-order valence-corrected chi connectivity index (χ1v) is 8.26. The fourth-order valence-electron chi connectivity index (χ4n) is 2.83. The van der Waals surface area contributed by atoms with Crippen molar-refractivity contribution in [2.45, 2.75) is 39.0 Å². The monoisotopic (exact) mass is 274 g/mol. The summed E-state index contributed by atoms with van der Waals surface area (Å²) in [4.78, 5) is 5.03. The van der Waals surface area contributed by atoms with Crippen molar-refractivity contribution >= 4 is 0 Å². The molecule has 0 bridgehead atoms. The molecule has 1 aliphatic heterocycles. The molecule has 0 amide bonds. The molecule has 0 saturated carbocycles. The second-order valence-corrected chi connectivity index (χ2v) is 6.17. The molecule has 0 aromatic heterocycles. The van der Waals surface area contributed by atoms with Crippen molar-refractivity contribution in [3.05, 3.63) is 35.4 Å². The zero-order valence-electron chi connectivity index (χ0n) is 13.3. The van der Waals surface area contributed by atoms with E-state index < -0.39 is 0 Å². The van der Waals surface area contributed by atoms with Gasteiger partial charge in [-0.05, 0) is 50.4 Å². The lowest BCUT2D eigenvalue weighted by atomic mass is 10.0. The highest BCUT2D eigenvalue weighted by molar-refractivity contribution is 5.22. The van der Waals surface area contributed by atoms with Crippen LogP contribution in [0, 0.1) is 0 Å². The number of aryl methyl sites for hydroxylation is 2. The van der Waals surface area contributed by atoms with Crippen LogP contribution in [0.5, 0.6) is 0 Å². The Morgan fingerprint density at radius 3 is 1.95 bits per heavy atom. The van der Waals surface area contributed by atoms with E-state index in [2.05, 4.69) is 48.0 Å². The summed E-state index contributed by atoms with van der Waals surface area (Å²) in [5, 5.41) is 0. The van der Waals surface area contributed by atoms with E-state index in [-0.39, 0.29) is 0 Å². The molecule has 2 nitrogen and oxygen atoms in total. The highest BCUT2D eigenvalue weighted by Crippen LogP contribution is 2.10. The fourth-order valence-corrected chi connectivity index (χ4v) is 2.83. The Morgan fingerprint density at radius 2 is 1.40 bits per heavy atom. The van der Waals surface area contributed by atoms with Crippen molar-refractivity contribution in [3.8, 4) is 0 Å². The Bertz CT molecular complexity index is 364. The third kappa shape index (κ3) is 5.26. The maximum absolute atomic E-state index is 2.61. The van der Waals surface area contributed by atoms with Crippen molar-refractivity contribution in [2.24, 2.45) is 0 Å². The Labute approximate surface area is 124 Å². The van der Waals surface area contributed by atoms with Gasteiger partial charge in [0.2, 0.25) is 0 Å². The maximum Gasteiger partial charge on any atom is 0.0110 e. The van der Waals surface area contributed by atoms with Crippen LogP contribution < -0.4 is 0 Å². The number of hydrogen-bond donors (Lipinski definition) is 0. The standard InChI is InChI=1S/C18H30N2/c1-3-4-6-17-8-10-18(11-9-17)7-5-12-20-15-13-19(2)14-16-20/h8-11H,3-7,12-16H2,1-2H3. The quantitative estimate of drug-likeness (QED) is 0.753. The van der Waals surface area contributed by atoms with Gasteiger partial charge in [-0.3, -0.25) is 0 Å². The lowest BCUT2D eigenvalue weighted by Crippen LogP contribution is -2.44. The number of rotatable bonds is 7. The second-order valence-electron chi connectivity index (χ2n) is 6.17. The molecule has 1 aromatic carbocycles. The smallest absolute Gasteiger partial charge is 0.0110 e. The van der Waals surface area contributed by atoms with E-state index in [9.17, 15) is 0 Å². The molecular formula is C18H30N2. The minimum Gasteiger partial charge on any atom is -0.304 e. The van der Waals surface area contributed by atoms with Gasteiger partial charge in [0, 0.05) is 26.2 Å². The number of nitrogens with zero attached hydrogens (tertiary/aromatic N) is 2. The van der Waals surface area contributed by atoms with Crippen LogP contribution in [0.1, 0.15) is 37.3 Å². The minimum absolute atomic E-state index is 1.22. The van der Waals surface area contributed by atoms with E-state index in [1.165, 1.54) is 76.0 Å². The number of hydrogen-bond acceptors (Lipinski definition) is 2. The van der Waals surface area contributed by atoms with E-state index in [4.69, 9.17) is 0 Å². The Kier molecular flexibility index (Phi) is 6.55. The van der Waals surface area contributed by atoms with Crippen molar-refractivity contribution in [1.29, 1.82) is 0 Å². The molecule has 0 aliphatic carbocycles. The number of likely N-dealkylation sites (N-methyl/N-ethyl adjacent to an activating group) is 1. The van der Waals surface area contributed by atoms with Crippen LogP contribution >= 0.6 is 0 Å². The highest BCUT2D eigenvalue weighted by atomic mass is 15.2. The SMILES string of the molecule is CCCCc1ccc(CCCN2CCN(C)CC2)cc1. The van der Waals surface area contributed by atoms with E-state index in [0.29, 0.717) is 0 Å². The minimum atomic E-state index is 1.22. The first kappa shape index (κ1) is 15.5. The lowest BCUT2D eigenvalue weighted by molar-refractivity contribution is 0.153. The summed E-state index contributed by atoms with van der Waals surface area (Å²) in [5.41, 5.74) is 2.99. The molecule has 0 unspecified atom stereocenters. The summed E-state index contributed by atoms with van der Waals surface area (Å²) >= 11 is 0. The van der Waals surface area contributed by atoms with E-state index in [1.54, 1.807) is 0 Å². The molecular weight excluding hydrogens is 244 g/mol. The molecule has 1 saturated heterocycles. The van der Waals surface area contributed by atoms with Crippen LogP contribution in [0.3, 0.4) is 0 Å². The average Bonchev–Trinajstić information content (AvgIpc) is 2.48. The van der Waals surface area contributed by atoms with Gasteiger partial charge < -0.3 is 9.80 Å². The molecule has 0 spiro atoms. The highest BCUT2D eigenvalue weighted by Gasteiger charge is 2.12. The van der Waals surface area contributed by atoms with Gasteiger partial charge in [-0.2, -0.15) is 0 Å². The van der Waals surface area contributed by atoms with Gasteiger partial charge in [0.15, 0.2) is 0 Å². The van der Waals surface area contributed by atoms with Gasteiger partial charge in [-0.1, -0.05) is 37.6 Å². The fraction of sp³-hybridized carbons (Fsp3) is 0.667. The average molecular weight is 274 g/mol. The summed E-state index contributed by atoms with van der Waals surface area (Å²) < 4.78 is 0. The van der Waals surface area contributed by atoms with Gasteiger partial charge in [0.1, 0.15) is 0 Å². The van der Waals surface area contributed by atoms with E-state index in [0.717, 1.165) is 0 Å². The van der Waals surface area contributed by atoms with E-state index >= 15 is 0 Å². The van der Waals surface area contributed by atoms with Crippen LogP contribution in [0.2, 0.25) is 0 Å². The predicted molar refractivity (Wildman–Crippen MR) is 87.3 cm³/mol. The largest absolute Gasteiger partial charge is 0.304 e. The second kappa shape index (κ2) is 8.43. The molecule has 1 fully saturated rings. The molecule has 0 atom stereocenters. The molecule has 1 aromatic rings. The summed E-state index contributed by atoms with van der Waals surface area (Å²) in [6.07, 6.45) is 6.34. The van der Waals surface area contributed by atoms with Crippen molar-refractivity contribution < 1.29 is 0 Å². The van der Waals surface area contributed by atoms with Crippen LogP contribution in [0.4, 0.5) is 0 Å². The normalized spacial score (nSPS) is 17.5. The summed E-state index contributed by atoms with van der Waals surface area (Å²) in [7, 11) is 2.22. The molecule has 1 heterocycles. The first-order valence-electron chi connectivity index (χ1n) is 8.26. The molecule has 0 N–H and O–H groups in total. The molecule has 20 heavy (non-hydrogen) atoms. The number of unbranched alkanes of at least 4 members (excludes halogenated alkanes) is 1. The number of benzene rings is 1. The van der Waals surface area contributed by atoms with E-state index in [1.807, 2.05) is 0 Å². The van der Waals surface area contributed by atoms with Crippen molar-refractivity contribution in [1.82, 2.24) is 9.80 Å². The van der Waals surface area contributed by atoms with Crippen molar-refractivity contribution in [3.63, 3.8) is 0 Å². The van der Waals surface area contributed by atoms with Gasteiger partial charge in [-0.25, -0.2) is 0 Å². The van der Waals surface area contributed by atoms with Crippen molar-refractivity contribution in [2.75, 3.05) is 39.8 Å². The van der Waals surface area contributed by atoms with Gasteiger partial charge in [-0.15, -0.1) is 0 Å². The Balaban J connectivity index is 1.66. The lowest BCUT2D eigenvalue weighted by Gasteiger charge is -2.32. The zero-order valence-corrected chi connectivity index (χ0v) is 13.3. The van der Waals surface area contributed by atoms with Crippen LogP contribution in [-0.4, -0.2) is 49.6 Å². The number of piperazine rings is 1. The summed E-state index contributed by atoms with van der Waals surface area (Å²) in [6, 6.07) is 9.30. The maximum atomic E-state index is 2.61. The molecule has 112 valence electrons. The molecule has 2 heteroatoms. The molecule has 2 rings (SSSR count). The molecule has 0 radical (unpaired) electrons. The Hall–Kier alpha value is -0.860. The van der Waals surface area contributed by atoms with Gasteiger partial charge in [0.25, 0.3) is 0 Å². The third-order valence-corrected chi connectivity index (χ3v) is 4.38.